The molecule has 0 amide bonds. The molecule has 116 valence electrons. The first-order valence-electron chi connectivity index (χ1n) is 7.71. The quantitative estimate of drug-likeness (QED) is 0.877. The molecule has 21 heavy (non-hydrogen) atoms. The first kappa shape index (κ1) is 17.2. The number of anilines is 1. The van der Waals surface area contributed by atoms with Gasteiger partial charge in [-0.05, 0) is 25.0 Å². The number of hydrogen-bond donors (Lipinski definition) is 1. The van der Waals surface area contributed by atoms with E-state index in [1.807, 2.05) is 31.7 Å². The standard InChI is InChI=1S/C11H16N2.C4H6N2.C2H6/c1-2-13-8-10(12)7-9-5-3-4-6-11(9)13;1-6-3-2-5-4-6;1-2/h3-6,10H,2,7-8,12H2,1H3;2-4H,1H3;1-2H3. The number of aryl methyl sites for hydroxylation is 1. The third kappa shape index (κ3) is 5.23. The lowest BCUT2D eigenvalue weighted by Gasteiger charge is -2.33. The van der Waals surface area contributed by atoms with E-state index < -0.39 is 0 Å². The lowest BCUT2D eigenvalue weighted by atomic mass is 9.99. The first-order chi connectivity index (χ1) is 10.2. The molecule has 1 aromatic heterocycles. The Bertz CT molecular complexity index is 493. The number of para-hydroxylation sites is 1. The molecule has 3 rings (SSSR count). The van der Waals surface area contributed by atoms with Gasteiger partial charge in [-0.1, -0.05) is 32.0 Å². The van der Waals surface area contributed by atoms with Crippen LogP contribution in [0, 0.1) is 0 Å². The highest BCUT2D eigenvalue weighted by atomic mass is 15.1. The smallest absolute Gasteiger partial charge is 0.0943 e. The zero-order valence-electron chi connectivity index (χ0n) is 13.7. The zero-order chi connectivity index (χ0) is 15.7. The molecular formula is C17H28N4. The highest BCUT2D eigenvalue weighted by Crippen LogP contribution is 2.25. The van der Waals surface area contributed by atoms with Gasteiger partial charge in [0.1, 0.15) is 0 Å². The maximum atomic E-state index is 5.97. The fraction of sp³-hybridized carbons (Fsp3) is 0.471. The zero-order valence-corrected chi connectivity index (χ0v) is 13.7. The molecule has 4 heteroatoms. The minimum absolute atomic E-state index is 0.301. The fourth-order valence-corrected chi connectivity index (χ4v) is 2.35. The predicted molar refractivity (Wildman–Crippen MR) is 90.6 cm³/mol. The number of imidazole rings is 1. The Hall–Kier alpha value is -1.81. The van der Waals surface area contributed by atoms with E-state index in [2.05, 4.69) is 41.1 Å². The number of nitrogens with two attached hydrogens (primary N) is 1. The van der Waals surface area contributed by atoms with E-state index in [0.29, 0.717) is 6.04 Å². The number of nitrogens with zero attached hydrogens (tertiary/aromatic N) is 3. The van der Waals surface area contributed by atoms with Crippen molar-refractivity contribution in [1.29, 1.82) is 0 Å². The van der Waals surface area contributed by atoms with Crippen LogP contribution in [0.5, 0.6) is 0 Å². The SMILES string of the molecule is CC.CCN1CC(N)Cc2ccccc21.Cn1ccnc1. The number of benzene rings is 1. The monoisotopic (exact) mass is 288 g/mol. The van der Waals surface area contributed by atoms with Crippen molar-refractivity contribution in [2.75, 3.05) is 18.0 Å². The maximum absolute atomic E-state index is 5.97. The van der Waals surface area contributed by atoms with Crippen molar-refractivity contribution >= 4 is 5.69 Å². The van der Waals surface area contributed by atoms with Gasteiger partial charge in [0.2, 0.25) is 0 Å². The molecule has 1 aliphatic heterocycles. The van der Waals surface area contributed by atoms with Crippen LogP contribution in [-0.4, -0.2) is 28.7 Å². The van der Waals surface area contributed by atoms with Gasteiger partial charge in [-0.2, -0.15) is 0 Å². The van der Waals surface area contributed by atoms with Gasteiger partial charge in [-0.3, -0.25) is 0 Å². The van der Waals surface area contributed by atoms with Gasteiger partial charge in [0.25, 0.3) is 0 Å². The molecule has 0 aliphatic carbocycles. The minimum Gasteiger partial charge on any atom is -0.370 e. The fourth-order valence-electron chi connectivity index (χ4n) is 2.35. The van der Waals surface area contributed by atoms with Crippen LogP contribution >= 0.6 is 0 Å². The van der Waals surface area contributed by atoms with Crippen molar-refractivity contribution in [2.24, 2.45) is 12.8 Å². The second-order valence-corrected chi connectivity index (χ2v) is 4.86. The average Bonchev–Trinajstić information content (AvgIpc) is 3.00. The molecule has 0 bridgehead atoms. The average molecular weight is 288 g/mol. The molecule has 0 spiro atoms. The largest absolute Gasteiger partial charge is 0.370 e. The maximum Gasteiger partial charge on any atom is 0.0943 e. The van der Waals surface area contributed by atoms with Crippen molar-refractivity contribution in [1.82, 2.24) is 9.55 Å². The molecule has 4 nitrogen and oxygen atoms in total. The molecule has 1 aliphatic rings. The van der Waals surface area contributed by atoms with Crippen LogP contribution in [0.1, 0.15) is 26.3 Å². The summed E-state index contributed by atoms with van der Waals surface area (Å²) in [5.41, 5.74) is 8.73. The lowest BCUT2D eigenvalue weighted by Crippen LogP contribution is -2.43. The van der Waals surface area contributed by atoms with Gasteiger partial charge >= 0.3 is 0 Å². The third-order valence-electron chi connectivity index (χ3n) is 3.29. The van der Waals surface area contributed by atoms with Crippen molar-refractivity contribution in [3.05, 3.63) is 48.5 Å². The van der Waals surface area contributed by atoms with Gasteiger partial charge in [-0.25, -0.2) is 4.98 Å². The summed E-state index contributed by atoms with van der Waals surface area (Å²) >= 11 is 0. The van der Waals surface area contributed by atoms with E-state index in [1.54, 1.807) is 12.5 Å². The predicted octanol–water partition coefficient (Wildman–Crippen LogP) is 2.84. The van der Waals surface area contributed by atoms with Crippen LogP contribution in [0.2, 0.25) is 0 Å². The Morgan fingerprint density at radius 2 is 2.00 bits per heavy atom. The number of fused-ring (bicyclic) bond motifs is 1. The summed E-state index contributed by atoms with van der Waals surface area (Å²) in [5, 5.41) is 0. The Morgan fingerprint density at radius 3 is 2.52 bits per heavy atom. The summed E-state index contributed by atoms with van der Waals surface area (Å²) in [5.74, 6) is 0. The summed E-state index contributed by atoms with van der Waals surface area (Å²) < 4.78 is 1.89. The summed E-state index contributed by atoms with van der Waals surface area (Å²) in [6.45, 7) is 8.22. The van der Waals surface area contributed by atoms with Crippen LogP contribution in [0.25, 0.3) is 0 Å². The minimum atomic E-state index is 0.301. The molecule has 0 saturated carbocycles. The molecule has 2 heterocycles. The molecule has 0 fully saturated rings. The second kappa shape index (κ2) is 9.19. The van der Waals surface area contributed by atoms with E-state index >= 15 is 0 Å². The van der Waals surface area contributed by atoms with Crippen LogP contribution in [-0.2, 0) is 13.5 Å². The Morgan fingerprint density at radius 1 is 1.29 bits per heavy atom. The summed E-state index contributed by atoms with van der Waals surface area (Å²) in [7, 11) is 1.94. The molecule has 1 unspecified atom stereocenters. The van der Waals surface area contributed by atoms with Crippen LogP contribution < -0.4 is 10.6 Å². The van der Waals surface area contributed by atoms with E-state index in [9.17, 15) is 0 Å². The van der Waals surface area contributed by atoms with Crippen LogP contribution in [0.4, 0.5) is 5.69 Å². The molecular weight excluding hydrogens is 260 g/mol. The van der Waals surface area contributed by atoms with Gasteiger partial charge in [0.05, 0.1) is 6.33 Å². The first-order valence-corrected chi connectivity index (χ1v) is 7.71. The van der Waals surface area contributed by atoms with E-state index in [1.165, 1.54) is 11.3 Å². The molecule has 1 aromatic carbocycles. The number of rotatable bonds is 1. The molecule has 2 aromatic rings. The topological polar surface area (TPSA) is 47.1 Å². The molecule has 1 atom stereocenters. The van der Waals surface area contributed by atoms with E-state index in [0.717, 1.165) is 19.5 Å². The normalized spacial score (nSPS) is 16.0. The lowest BCUT2D eigenvalue weighted by molar-refractivity contribution is 0.608. The van der Waals surface area contributed by atoms with Crippen molar-refractivity contribution in [3.63, 3.8) is 0 Å². The van der Waals surface area contributed by atoms with Gasteiger partial charge in [0.15, 0.2) is 0 Å². The Kier molecular flexibility index (Phi) is 7.54. The molecule has 0 radical (unpaired) electrons. The highest BCUT2D eigenvalue weighted by Gasteiger charge is 2.19. The highest BCUT2D eigenvalue weighted by molar-refractivity contribution is 5.56. The summed E-state index contributed by atoms with van der Waals surface area (Å²) in [6.07, 6.45) is 6.41. The number of aromatic nitrogens is 2. The van der Waals surface area contributed by atoms with E-state index in [4.69, 9.17) is 5.73 Å². The summed E-state index contributed by atoms with van der Waals surface area (Å²) in [4.78, 5) is 6.14. The molecule has 0 saturated heterocycles. The van der Waals surface area contributed by atoms with Crippen LogP contribution in [0.3, 0.4) is 0 Å². The Balaban J connectivity index is 0.000000231. The van der Waals surface area contributed by atoms with Crippen molar-refractivity contribution < 1.29 is 0 Å². The second-order valence-electron chi connectivity index (χ2n) is 4.86. The molecule has 2 N–H and O–H groups in total. The van der Waals surface area contributed by atoms with Crippen molar-refractivity contribution in [3.8, 4) is 0 Å². The van der Waals surface area contributed by atoms with Gasteiger partial charge < -0.3 is 15.2 Å². The Labute approximate surface area is 128 Å². The van der Waals surface area contributed by atoms with Crippen molar-refractivity contribution in [2.45, 2.75) is 33.2 Å². The number of likely N-dealkylation sites (N-methyl/N-ethyl adjacent to an activating group) is 1. The van der Waals surface area contributed by atoms with E-state index in [-0.39, 0.29) is 0 Å². The van der Waals surface area contributed by atoms with Gasteiger partial charge in [0, 0.05) is 44.3 Å². The van der Waals surface area contributed by atoms with Crippen LogP contribution in [0.15, 0.2) is 43.0 Å². The number of hydrogen-bond acceptors (Lipinski definition) is 3. The summed E-state index contributed by atoms with van der Waals surface area (Å²) in [6, 6.07) is 8.85. The third-order valence-corrected chi connectivity index (χ3v) is 3.29. The van der Waals surface area contributed by atoms with Gasteiger partial charge in [-0.15, -0.1) is 0 Å².